The Balaban J connectivity index is 1.59. The minimum atomic E-state index is -3.31. The lowest BCUT2D eigenvalue weighted by atomic mass is 9.95. The SMILES string of the molecule is CC1(C(F)(F)c2ccncc2)SC(=NC2CC3CCC2C3)NC1=O. The molecule has 1 aliphatic heterocycles. The summed E-state index contributed by atoms with van der Waals surface area (Å²) in [7, 11) is 0. The quantitative estimate of drug-likeness (QED) is 0.909. The number of rotatable bonds is 3. The summed E-state index contributed by atoms with van der Waals surface area (Å²) in [5.41, 5.74) is -0.205. The third-order valence-corrected chi connectivity index (χ3v) is 6.83. The monoisotopic (exact) mass is 351 g/mol. The van der Waals surface area contributed by atoms with Gasteiger partial charge in [-0.3, -0.25) is 14.8 Å². The molecule has 3 fully saturated rings. The van der Waals surface area contributed by atoms with Crippen LogP contribution >= 0.6 is 11.8 Å². The van der Waals surface area contributed by atoms with Crippen molar-refractivity contribution in [3.8, 4) is 0 Å². The van der Waals surface area contributed by atoms with Crippen molar-refractivity contribution in [2.45, 2.75) is 49.3 Å². The molecule has 2 heterocycles. The van der Waals surface area contributed by atoms with E-state index in [9.17, 15) is 13.6 Å². The average molecular weight is 351 g/mol. The first-order valence-corrected chi connectivity index (χ1v) is 9.08. The molecule has 2 bridgehead atoms. The highest BCUT2D eigenvalue weighted by molar-refractivity contribution is 8.16. The van der Waals surface area contributed by atoms with E-state index in [0.29, 0.717) is 11.1 Å². The lowest BCUT2D eigenvalue weighted by Gasteiger charge is -2.29. The zero-order valence-corrected chi connectivity index (χ0v) is 14.2. The van der Waals surface area contributed by atoms with E-state index < -0.39 is 16.6 Å². The molecule has 24 heavy (non-hydrogen) atoms. The summed E-state index contributed by atoms with van der Waals surface area (Å²) in [6, 6.07) is 2.68. The Morgan fingerprint density at radius 2 is 2.08 bits per heavy atom. The molecule has 2 aliphatic carbocycles. The Labute approximate surface area is 143 Å². The maximum absolute atomic E-state index is 15.0. The highest BCUT2D eigenvalue weighted by Gasteiger charge is 2.61. The lowest BCUT2D eigenvalue weighted by Crippen LogP contribution is -2.47. The molecule has 1 saturated heterocycles. The highest BCUT2D eigenvalue weighted by atomic mass is 32.2. The van der Waals surface area contributed by atoms with E-state index >= 15 is 0 Å². The predicted molar refractivity (Wildman–Crippen MR) is 88.9 cm³/mol. The van der Waals surface area contributed by atoms with Gasteiger partial charge in [0.15, 0.2) is 9.91 Å². The van der Waals surface area contributed by atoms with E-state index in [1.165, 1.54) is 44.3 Å². The number of halogens is 2. The van der Waals surface area contributed by atoms with Crippen LogP contribution < -0.4 is 5.32 Å². The van der Waals surface area contributed by atoms with Crippen molar-refractivity contribution in [1.82, 2.24) is 10.3 Å². The molecule has 0 spiro atoms. The number of alkyl halides is 2. The molecule has 0 aromatic carbocycles. The molecule has 1 aromatic rings. The number of hydrogen-bond acceptors (Lipinski definition) is 4. The van der Waals surface area contributed by atoms with Crippen molar-refractivity contribution in [2.24, 2.45) is 16.8 Å². The van der Waals surface area contributed by atoms with Crippen molar-refractivity contribution in [3.05, 3.63) is 30.1 Å². The molecule has 1 amide bonds. The van der Waals surface area contributed by atoms with Crippen LogP contribution in [0.2, 0.25) is 0 Å². The van der Waals surface area contributed by atoms with Gasteiger partial charge in [-0.25, -0.2) is 0 Å². The second-order valence-electron chi connectivity index (χ2n) is 7.08. The number of nitrogens with one attached hydrogen (secondary N) is 1. The van der Waals surface area contributed by atoms with E-state index in [0.717, 1.165) is 30.5 Å². The van der Waals surface area contributed by atoms with E-state index in [4.69, 9.17) is 0 Å². The van der Waals surface area contributed by atoms with Gasteiger partial charge in [0.2, 0.25) is 5.91 Å². The molecule has 1 N–H and O–H groups in total. The topological polar surface area (TPSA) is 54.4 Å². The van der Waals surface area contributed by atoms with Crippen LogP contribution in [0.1, 0.15) is 38.2 Å². The molecule has 7 heteroatoms. The minimum absolute atomic E-state index is 0.170. The molecule has 0 radical (unpaired) electrons. The summed E-state index contributed by atoms with van der Waals surface area (Å²) in [5, 5.41) is 2.93. The summed E-state index contributed by atoms with van der Waals surface area (Å²) < 4.78 is 28.0. The second-order valence-corrected chi connectivity index (χ2v) is 8.48. The third-order valence-electron chi connectivity index (χ3n) is 5.58. The van der Waals surface area contributed by atoms with Gasteiger partial charge in [-0.2, -0.15) is 8.78 Å². The molecule has 1 aromatic heterocycles. The fourth-order valence-electron chi connectivity index (χ4n) is 4.10. The summed E-state index contributed by atoms with van der Waals surface area (Å²) in [6.07, 6.45) is 7.24. The molecule has 4 rings (SSSR count). The lowest BCUT2D eigenvalue weighted by molar-refractivity contribution is -0.132. The van der Waals surface area contributed by atoms with Crippen LogP contribution in [-0.2, 0) is 10.7 Å². The number of thioether (sulfide) groups is 1. The fourth-order valence-corrected chi connectivity index (χ4v) is 5.21. The first kappa shape index (κ1) is 16.0. The summed E-state index contributed by atoms with van der Waals surface area (Å²) in [6.45, 7) is 1.29. The van der Waals surface area contributed by atoms with Crippen molar-refractivity contribution >= 4 is 22.8 Å². The van der Waals surface area contributed by atoms with Crippen LogP contribution in [0.3, 0.4) is 0 Å². The molecule has 4 nitrogen and oxygen atoms in total. The van der Waals surface area contributed by atoms with E-state index in [-0.39, 0.29) is 11.6 Å². The van der Waals surface area contributed by atoms with Crippen LogP contribution in [0.15, 0.2) is 29.5 Å². The molecule has 4 unspecified atom stereocenters. The Kier molecular flexibility index (Phi) is 3.67. The van der Waals surface area contributed by atoms with Gasteiger partial charge >= 0.3 is 0 Å². The van der Waals surface area contributed by atoms with Crippen LogP contribution in [0, 0.1) is 11.8 Å². The largest absolute Gasteiger partial charge is 0.304 e. The van der Waals surface area contributed by atoms with Crippen molar-refractivity contribution in [1.29, 1.82) is 0 Å². The Morgan fingerprint density at radius 3 is 2.71 bits per heavy atom. The zero-order chi connectivity index (χ0) is 16.9. The number of hydrogen-bond donors (Lipinski definition) is 1. The van der Waals surface area contributed by atoms with Crippen LogP contribution in [0.25, 0.3) is 0 Å². The number of fused-ring (bicyclic) bond motifs is 2. The Bertz CT molecular complexity index is 696. The first-order chi connectivity index (χ1) is 11.4. The Morgan fingerprint density at radius 1 is 1.33 bits per heavy atom. The zero-order valence-electron chi connectivity index (χ0n) is 13.3. The summed E-state index contributed by atoms with van der Waals surface area (Å²) in [5.74, 6) is -2.73. The van der Waals surface area contributed by atoms with E-state index in [1.807, 2.05) is 0 Å². The van der Waals surface area contributed by atoms with Gasteiger partial charge in [0.05, 0.1) is 6.04 Å². The first-order valence-electron chi connectivity index (χ1n) is 8.27. The number of nitrogens with zero attached hydrogens (tertiary/aromatic N) is 2. The minimum Gasteiger partial charge on any atom is -0.304 e. The summed E-state index contributed by atoms with van der Waals surface area (Å²) >= 11 is 0.856. The number of carbonyl (C=O) groups is 1. The van der Waals surface area contributed by atoms with E-state index in [2.05, 4.69) is 15.3 Å². The number of pyridine rings is 1. The molecule has 4 atom stereocenters. The molecular formula is C17H19F2N3OS. The third kappa shape index (κ3) is 2.36. The molecule has 3 aliphatic rings. The van der Waals surface area contributed by atoms with Gasteiger partial charge in [-0.05, 0) is 50.2 Å². The number of amides is 1. The van der Waals surface area contributed by atoms with Crippen LogP contribution in [0.5, 0.6) is 0 Å². The van der Waals surface area contributed by atoms with Gasteiger partial charge in [0.25, 0.3) is 5.92 Å². The molecule has 2 saturated carbocycles. The van der Waals surface area contributed by atoms with Crippen LogP contribution in [-0.4, -0.2) is 26.8 Å². The second kappa shape index (κ2) is 5.51. The van der Waals surface area contributed by atoms with Gasteiger partial charge in [-0.15, -0.1) is 0 Å². The predicted octanol–water partition coefficient (Wildman–Crippen LogP) is 3.34. The Hall–Kier alpha value is -1.50. The van der Waals surface area contributed by atoms with Gasteiger partial charge < -0.3 is 5.32 Å². The standard InChI is InChI=1S/C17H19F2N3OS/c1-16(17(18,19)12-4-6-20-7-5-12)14(23)22-15(24-16)21-13-9-10-2-3-11(13)8-10/h4-7,10-11,13H,2-3,8-9H2,1H3,(H,21,22,23). The van der Waals surface area contributed by atoms with Gasteiger partial charge in [0.1, 0.15) is 0 Å². The average Bonchev–Trinajstić information content (AvgIpc) is 3.24. The van der Waals surface area contributed by atoms with Crippen LogP contribution in [0.4, 0.5) is 8.78 Å². The van der Waals surface area contributed by atoms with Crippen molar-refractivity contribution in [3.63, 3.8) is 0 Å². The van der Waals surface area contributed by atoms with Gasteiger partial charge in [0, 0.05) is 18.0 Å². The summed E-state index contributed by atoms with van der Waals surface area (Å²) in [4.78, 5) is 20.7. The van der Waals surface area contributed by atoms with Crippen molar-refractivity contribution in [2.75, 3.05) is 0 Å². The maximum Gasteiger partial charge on any atom is 0.296 e. The smallest absolute Gasteiger partial charge is 0.296 e. The molecule has 128 valence electrons. The molecular weight excluding hydrogens is 332 g/mol. The number of carbonyl (C=O) groups excluding carboxylic acids is 1. The normalized spacial score (nSPS) is 37.2. The van der Waals surface area contributed by atoms with Gasteiger partial charge in [-0.1, -0.05) is 18.2 Å². The number of aromatic nitrogens is 1. The van der Waals surface area contributed by atoms with Crippen molar-refractivity contribution < 1.29 is 13.6 Å². The number of amidine groups is 1. The number of aliphatic imine (C=N–C) groups is 1. The highest BCUT2D eigenvalue weighted by Crippen LogP contribution is 2.51. The maximum atomic E-state index is 15.0. The van der Waals surface area contributed by atoms with E-state index in [1.54, 1.807) is 0 Å². The fraction of sp³-hybridized carbons (Fsp3) is 0.588.